The van der Waals surface area contributed by atoms with Gasteiger partial charge in [0.2, 0.25) is 0 Å². The van der Waals surface area contributed by atoms with E-state index in [0.29, 0.717) is 21.4 Å². The topological polar surface area (TPSA) is 60.9 Å². The molecule has 0 radical (unpaired) electrons. The summed E-state index contributed by atoms with van der Waals surface area (Å²) < 4.78 is 14.2. The van der Waals surface area contributed by atoms with Crippen LogP contribution in [0.1, 0.15) is 23.9 Å². The molecule has 0 aliphatic heterocycles. The Bertz CT molecular complexity index is 667. The summed E-state index contributed by atoms with van der Waals surface area (Å²) in [7, 11) is 0.581. The van der Waals surface area contributed by atoms with Crippen LogP contribution in [0.4, 0.5) is 5.69 Å². The van der Waals surface area contributed by atoms with Gasteiger partial charge in [-0.25, -0.2) is 0 Å². The van der Waals surface area contributed by atoms with E-state index in [1.165, 1.54) is 0 Å². The van der Waals surface area contributed by atoms with E-state index in [0.717, 1.165) is 23.4 Å². The molecule has 2 aromatic rings. The molecule has 1 heterocycles. The number of hydrogen-bond acceptors (Lipinski definition) is 3. The predicted molar refractivity (Wildman–Crippen MR) is 83.3 cm³/mol. The molecule has 1 aromatic heterocycles. The third kappa shape index (κ3) is 2.88. The van der Waals surface area contributed by atoms with Crippen molar-refractivity contribution in [2.75, 3.05) is 5.73 Å². The molecule has 4 nitrogen and oxygen atoms in total. The quantitative estimate of drug-likeness (QED) is 0.883. The lowest BCUT2D eigenvalue weighted by Crippen LogP contribution is -2.06. The van der Waals surface area contributed by atoms with Gasteiger partial charge in [0.15, 0.2) is 0 Å². The lowest BCUT2D eigenvalue weighted by atomic mass is 10.2. The fourth-order valence-electron chi connectivity index (χ4n) is 2.02. The van der Waals surface area contributed by atoms with E-state index in [-0.39, 0.29) is 0 Å². The highest BCUT2D eigenvalue weighted by atomic mass is 35.5. The highest BCUT2D eigenvalue weighted by molar-refractivity contribution is 7.84. The molecule has 6 heteroatoms. The molecule has 1 atom stereocenters. The van der Waals surface area contributed by atoms with E-state index in [1.807, 2.05) is 33.0 Å². The van der Waals surface area contributed by atoms with Gasteiger partial charge in [-0.2, -0.15) is 5.10 Å². The monoisotopic (exact) mass is 311 g/mol. The van der Waals surface area contributed by atoms with E-state index in [2.05, 4.69) is 5.10 Å². The average molecular weight is 312 g/mol. The van der Waals surface area contributed by atoms with Crippen LogP contribution in [0.15, 0.2) is 23.1 Å². The van der Waals surface area contributed by atoms with Gasteiger partial charge in [-0.15, -0.1) is 0 Å². The summed E-state index contributed by atoms with van der Waals surface area (Å²) in [5.41, 5.74) is 9.09. The van der Waals surface area contributed by atoms with Gasteiger partial charge in [0, 0.05) is 12.7 Å². The molecular weight excluding hydrogens is 294 g/mol. The van der Waals surface area contributed by atoms with Crippen LogP contribution in [0.2, 0.25) is 5.02 Å². The minimum atomic E-state index is -1.24. The Morgan fingerprint density at radius 3 is 2.75 bits per heavy atom. The van der Waals surface area contributed by atoms with Crippen LogP contribution in [0.3, 0.4) is 0 Å². The predicted octanol–water partition coefficient (Wildman–Crippen LogP) is 2.83. The van der Waals surface area contributed by atoms with Crippen LogP contribution >= 0.6 is 11.6 Å². The molecule has 1 aromatic carbocycles. The van der Waals surface area contributed by atoms with E-state index in [1.54, 1.807) is 10.7 Å². The summed E-state index contributed by atoms with van der Waals surface area (Å²) in [6, 6.07) is 5.55. The largest absolute Gasteiger partial charge is 0.398 e. The van der Waals surface area contributed by atoms with Gasteiger partial charge < -0.3 is 5.73 Å². The Balaban J connectivity index is 2.33. The number of nitrogens with zero attached hydrogens (tertiary/aromatic N) is 2. The first-order chi connectivity index (χ1) is 9.43. The number of aromatic nitrogens is 2. The Morgan fingerprint density at radius 2 is 2.15 bits per heavy atom. The molecule has 0 bridgehead atoms. The normalized spacial score (nSPS) is 12.6. The number of halogens is 1. The Labute approximate surface area is 126 Å². The molecule has 1 unspecified atom stereocenters. The average Bonchev–Trinajstić information content (AvgIpc) is 2.68. The molecule has 0 fully saturated rings. The van der Waals surface area contributed by atoms with E-state index in [9.17, 15) is 4.21 Å². The summed E-state index contributed by atoms with van der Waals surface area (Å²) >= 11 is 6.28. The maximum Gasteiger partial charge on any atom is 0.0859 e. The number of hydrogen-bond donors (Lipinski definition) is 1. The van der Waals surface area contributed by atoms with Crippen LogP contribution in [0.25, 0.3) is 0 Å². The fourth-order valence-corrected chi connectivity index (χ4v) is 3.84. The fraction of sp³-hybridized carbons (Fsp3) is 0.357. The number of benzene rings is 1. The molecule has 0 spiro atoms. The van der Waals surface area contributed by atoms with E-state index >= 15 is 0 Å². The maximum absolute atomic E-state index is 12.5. The molecule has 0 amide bonds. The summed E-state index contributed by atoms with van der Waals surface area (Å²) in [4.78, 5) is 0.653. The second-order valence-electron chi connectivity index (χ2n) is 4.72. The molecule has 0 saturated heterocycles. The van der Waals surface area contributed by atoms with Crippen molar-refractivity contribution >= 4 is 28.1 Å². The van der Waals surface area contributed by atoms with Gasteiger partial charge in [0.05, 0.1) is 37.9 Å². The number of aryl methyl sites for hydroxylation is 3. The van der Waals surface area contributed by atoms with Crippen LogP contribution < -0.4 is 5.73 Å². The van der Waals surface area contributed by atoms with Crippen molar-refractivity contribution in [2.45, 2.75) is 30.9 Å². The number of nitrogens with two attached hydrogens (primary N) is 1. The minimum Gasteiger partial charge on any atom is -0.398 e. The maximum atomic E-state index is 12.5. The van der Waals surface area contributed by atoms with E-state index in [4.69, 9.17) is 17.3 Å². The molecule has 20 heavy (non-hydrogen) atoms. The van der Waals surface area contributed by atoms with Gasteiger partial charge in [-0.3, -0.25) is 8.89 Å². The zero-order chi connectivity index (χ0) is 14.9. The second kappa shape index (κ2) is 5.97. The first-order valence-corrected chi connectivity index (χ1v) is 8.08. The van der Waals surface area contributed by atoms with E-state index < -0.39 is 10.8 Å². The van der Waals surface area contributed by atoms with Crippen molar-refractivity contribution in [1.82, 2.24) is 9.78 Å². The van der Waals surface area contributed by atoms with Crippen molar-refractivity contribution in [3.63, 3.8) is 0 Å². The molecule has 0 aliphatic carbocycles. The standard InChI is InChI=1S/C14H18ClN3OS/c1-4-11-14(15)12(18(3)17-11)8-20(19)13-7-9(2)5-6-10(13)16/h5-7H,4,8,16H2,1-3H3. The smallest absolute Gasteiger partial charge is 0.0859 e. The van der Waals surface area contributed by atoms with Crippen LogP contribution in [0, 0.1) is 6.92 Å². The first kappa shape index (κ1) is 15.1. The van der Waals surface area contributed by atoms with Crippen molar-refractivity contribution in [3.8, 4) is 0 Å². The number of rotatable bonds is 4. The van der Waals surface area contributed by atoms with Crippen molar-refractivity contribution in [2.24, 2.45) is 7.05 Å². The SMILES string of the molecule is CCc1nn(C)c(CS(=O)c2cc(C)ccc2N)c1Cl. The van der Waals surface area contributed by atoms with Crippen LogP contribution in [-0.4, -0.2) is 14.0 Å². The van der Waals surface area contributed by atoms with Crippen molar-refractivity contribution < 1.29 is 4.21 Å². The molecular formula is C14H18ClN3OS. The lowest BCUT2D eigenvalue weighted by Gasteiger charge is -2.07. The highest BCUT2D eigenvalue weighted by Crippen LogP contribution is 2.26. The Hall–Kier alpha value is -1.33. The number of anilines is 1. The molecule has 0 saturated carbocycles. The molecule has 108 valence electrons. The molecule has 0 aliphatic rings. The molecule has 2 N–H and O–H groups in total. The van der Waals surface area contributed by atoms with Crippen LogP contribution in [-0.2, 0) is 30.0 Å². The number of nitrogen functional groups attached to an aromatic ring is 1. The molecule has 2 rings (SSSR count). The van der Waals surface area contributed by atoms with Gasteiger partial charge >= 0.3 is 0 Å². The van der Waals surface area contributed by atoms with Crippen molar-refractivity contribution in [1.29, 1.82) is 0 Å². The van der Waals surface area contributed by atoms with Gasteiger partial charge in [-0.05, 0) is 31.0 Å². The summed E-state index contributed by atoms with van der Waals surface area (Å²) in [5, 5.41) is 4.94. The zero-order valence-electron chi connectivity index (χ0n) is 11.8. The third-order valence-corrected chi connectivity index (χ3v) is 5.00. The third-order valence-electron chi connectivity index (χ3n) is 3.19. The van der Waals surface area contributed by atoms with Gasteiger partial charge in [-0.1, -0.05) is 24.6 Å². The van der Waals surface area contributed by atoms with Gasteiger partial charge in [0.1, 0.15) is 0 Å². The zero-order valence-corrected chi connectivity index (χ0v) is 13.4. The summed E-state index contributed by atoms with van der Waals surface area (Å²) in [6.45, 7) is 3.94. The highest BCUT2D eigenvalue weighted by Gasteiger charge is 2.17. The first-order valence-electron chi connectivity index (χ1n) is 6.38. The minimum absolute atomic E-state index is 0.315. The second-order valence-corrected chi connectivity index (χ2v) is 6.51. The summed E-state index contributed by atoms with van der Waals surface area (Å²) in [6.07, 6.45) is 0.756. The van der Waals surface area contributed by atoms with Crippen LogP contribution in [0.5, 0.6) is 0 Å². The van der Waals surface area contributed by atoms with Crippen molar-refractivity contribution in [3.05, 3.63) is 40.2 Å². The van der Waals surface area contributed by atoms with Gasteiger partial charge in [0.25, 0.3) is 0 Å². The lowest BCUT2D eigenvalue weighted by molar-refractivity contribution is 0.675. The summed E-state index contributed by atoms with van der Waals surface area (Å²) in [5.74, 6) is 0.315. The Kier molecular flexibility index (Phi) is 4.50. The Morgan fingerprint density at radius 1 is 1.45 bits per heavy atom.